The van der Waals surface area contributed by atoms with Crippen molar-refractivity contribution < 1.29 is 14.0 Å². The van der Waals surface area contributed by atoms with Gasteiger partial charge in [-0.2, -0.15) is 11.8 Å². The van der Waals surface area contributed by atoms with Gasteiger partial charge in [0.25, 0.3) is 0 Å². The van der Waals surface area contributed by atoms with E-state index in [1.165, 1.54) is 0 Å². The molecule has 0 bridgehead atoms. The predicted octanol–water partition coefficient (Wildman–Crippen LogP) is 1.19. The molecule has 0 spiro atoms. The first-order chi connectivity index (χ1) is 9.70. The van der Waals surface area contributed by atoms with Crippen molar-refractivity contribution in [2.24, 2.45) is 0 Å². The number of carbonyl (C=O) groups is 2. The average molecular weight is 303 g/mol. The molecule has 0 aliphatic carbocycles. The first-order valence-corrected chi connectivity index (χ1v) is 8.27. The molecule has 2 aliphatic rings. The highest BCUT2D eigenvalue weighted by Crippen LogP contribution is 2.33. The number of fused-ring (bicyclic) bond motifs is 1. The first kappa shape index (κ1) is 15.4. The summed E-state index contributed by atoms with van der Waals surface area (Å²) in [5.41, 5.74) is 0. The molecule has 0 saturated carbocycles. The maximum absolute atomic E-state index is 11.9. The monoisotopic (exact) mass is 303 g/mol. The van der Waals surface area contributed by atoms with Gasteiger partial charge in [-0.15, -0.1) is 0 Å². The maximum Gasteiger partial charge on any atom is 0.315 e. The van der Waals surface area contributed by atoms with Crippen LogP contribution in [0.4, 0.5) is 9.18 Å². The minimum absolute atomic E-state index is 0.00578. The van der Waals surface area contributed by atoms with Crippen LogP contribution in [0.15, 0.2) is 0 Å². The van der Waals surface area contributed by atoms with Gasteiger partial charge in [0.05, 0.1) is 18.8 Å². The second kappa shape index (κ2) is 7.71. The zero-order valence-corrected chi connectivity index (χ0v) is 12.3. The van der Waals surface area contributed by atoms with Crippen LogP contribution in [0.2, 0.25) is 0 Å². The standard InChI is InChI=1S/C13H22FN3O2S/c14-6-3-7-15-11(18)5-2-1-4-10-12-9(8-20-10)16-13(19)17-12/h9-10,12H,1-8H2,(H,15,18)(H2,16,17,19)/t9-,10-,12-/m0/s1. The van der Waals surface area contributed by atoms with E-state index < -0.39 is 0 Å². The molecule has 2 rings (SSSR count). The molecule has 2 aliphatic heterocycles. The van der Waals surface area contributed by atoms with Crippen LogP contribution < -0.4 is 16.0 Å². The van der Waals surface area contributed by atoms with Crippen LogP contribution >= 0.6 is 11.8 Å². The van der Waals surface area contributed by atoms with Crippen LogP contribution in [0.1, 0.15) is 32.1 Å². The molecule has 3 atom stereocenters. The first-order valence-electron chi connectivity index (χ1n) is 7.22. The van der Waals surface area contributed by atoms with Crippen LogP contribution in [-0.2, 0) is 4.79 Å². The Morgan fingerprint density at radius 2 is 2.20 bits per heavy atom. The van der Waals surface area contributed by atoms with Crippen molar-refractivity contribution in [2.45, 2.75) is 49.4 Å². The third-order valence-corrected chi connectivity index (χ3v) is 5.22. The van der Waals surface area contributed by atoms with E-state index in [0.29, 0.717) is 24.6 Å². The summed E-state index contributed by atoms with van der Waals surface area (Å²) in [6.45, 7) is 0.0385. The number of amides is 3. The zero-order valence-electron chi connectivity index (χ0n) is 11.5. The molecule has 3 amide bonds. The smallest absolute Gasteiger partial charge is 0.315 e. The summed E-state index contributed by atoms with van der Waals surface area (Å²) in [4.78, 5) is 22.7. The average Bonchev–Trinajstić information content (AvgIpc) is 2.95. The van der Waals surface area contributed by atoms with Gasteiger partial charge in [-0.25, -0.2) is 4.79 Å². The molecule has 20 heavy (non-hydrogen) atoms. The number of hydrogen-bond acceptors (Lipinski definition) is 3. The second-order valence-electron chi connectivity index (χ2n) is 5.26. The summed E-state index contributed by atoms with van der Waals surface area (Å²) >= 11 is 1.89. The van der Waals surface area contributed by atoms with E-state index in [1.807, 2.05) is 11.8 Å². The Morgan fingerprint density at radius 3 is 3.00 bits per heavy atom. The van der Waals surface area contributed by atoms with Crippen LogP contribution in [0.3, 0.4) is 0 Å². The van der Waals surface area contributed by atoms with Crippen molar-refractivity contribution in [2.75, 3.05) is 19.0 Å². The van der Waals surface area contributed by atoms with Gasteiger partial charge >= 0.3 is 6.03 Å². The molecule has 2 saturated heterocycles. The van der Waals surface area contributed by atoms with E-state index in [1.54, 1.807) is 0 Å². The van der Waals surface area contributed by atoms with Gasteiger partial charge in [-0.05, 0) is 19.3 Å². The maximum atomic E-state index is 11.9. The molecule has 7 heteroatoms. The Labute approximate surface area is 122 Å². The van der Waals surface area contributed by atoms with Crippen molar-refractivity contribution in [1.29, 1.82) is 0 Å². The highest BCUT2D eigenvalue weighted by atomic mass is 32.2. The lowest BCUT2D eigenvalue weighted by atomic mass is 10.0. The van der Waals surface area contributed by atoms with Crippen molar-refractivity contribution >= 4 is 23.7 Å². The molecule has 0 aromatic carbocycles. The van der Waals surface area contributed by atoms with Gasteiger partial charge in [-0.3, -0.25) is 9.18 Å². The Morgan fingerprint density at radius 1 is 1.35 bits per heavy atom. The molecule has 0 radical (unpaired) electrons. The number of hydrogen-bond donors (Lipinski definition) is 3. The Balaban J connectivity index is 1.55. The van der Waals surface area contributed by atoms with Gasteiger partial charge in [0.1, 0.15) is 0 Å². The number of rotatable bonds is 8. The van der Waals surface area contributed by atoms with Crippen LogP contribution in [-0.4, -0.2) is 48.2 Å². The van der Waals surface area contributed by atoms with Crippen LogP contribution in [0.5, 0.6) is 0 Å². The summed E-state index contributed by atoms with van der Waals surface area (Å²) in [6, 6.07) is 0.449. The van der Waals surface area contributed by atoms with E-state index in [2.05, 4.69) is 16.0 Å². The number of carbonyl (C=O) groups excluding carboxylic acids is 2. The summed E-state index contributed by atoms with van der Waals surface area (Å²) < 4.78 is 11.9. The molecule has 2 heterocycles. The number of alkyl halides is 1. The predicted molar refractivity (Wildman–Crippen MR) is 77.6 cm³/mol. The van der Waals surface area contributed by atoms with Gasteiger partial charge in [-0.1, -0.05) is 6.42 Å². The molecule has 0 aromatic heterocycles. The van der Waals surface area contributed by atoms with Gasteiger partial charge in [0.2, 0.25) is 5.91 Å². The second-order valence-corrected chi connectivity index (χ2v) is 6.53. The molecule has 3 N–H and O–H groups in total. The highest BCUT2D eigenvalue weighted by molar-refractivity contribution is 8.00. The SMILES string of the molecule is O=C(CCCC[C@@H]1SC[C@@H]2NC(=O)N[C@@H]21)NCCCF. The fourth-order valence-electron chi connectivity index (χ4n) is 2.66. The summed E-state index contributed by atoms with van der Waals surface area (Å²) in [5, 5.41) is 9.04. The fraction of sp³-hybridized carbons (Fsp3) is 0.846. The number of halogens is 1. The number of unbranched alkanes of at least 4 members (excludes halogenated alkanes) is 1. The van der Waals surface area contributed by atoms with Gasteiger partial charge in [0.15, 0.2) is 0 Å². The van der Waals surface area contributed by atoms with E-state index >= 15 is 0 Å². The fourth-order valence-corrected chi connectivity index (χ4v) is 4.20. The summed E-state index contributed by atoms with van der Waals surface area (Å²) in [5.74, 6) is 0.976. The Bertz CT molecular complexity index is 357. The van der Waals surface area contributed by atoms with Crippen molar-refractivity contribution in [3.05, 3.63) is 0 Å². The molecule has 5 nitrogen and oxygen atoms in total. The number of nitrogens with one attached hydrogen (secondary N) is 3. The van der Waals surface area contributed by atoms with Crippen LogP contribution in [0, 0.1) is 0 Å². The summed E-state index contributed by atoms with van der Waals surface area (Å²) in [6.07, 6.45) is 3.73. The minimum atomic E-state index is -0.387. The van der Waals surface area contributed by atoms with Crippen molar-refractivity contribution in [1.82, 2.24) is 16.0 Å². The van der Waals surface area contributed by atoms with E-state index in [-0.39, 0.29) is 30.7 Å². The topological polar surface area (TPSA) is 70.2 Å². The quantitative estimate of drug-likeness (QED) is 0.466. The third-order valence-electron chi connectivity index (χ3n) is 3.71. The summed E-state index contributed by atoms with van der Waals surface area (Å²) in [7, 11) is 0. The lowest BCUT2D eigenvalue weighted by molar-refractivity contribution is -0.121. The zero-order chi connectivity index (χ0) is 14.4. The lowest BCUT2D eigenvalue weighted by Gasteiger charge is -2.16. The number of thioether (sulfide) groups is 1. The van der Waals surface area contributed by atoms with Gasteiger partial charge < -0.3 is 16.0 Å². The molecule has 0 unspecified atom stereocenters. The minimum Gasteiger partial charge on any atom is -0.356 e. The number of urea groups is 1. The van der Waals surface area contributed by atoms with E-state index in [9.17, 15) is 14.0 Å². The highest BCUT2D eigenvalue weighted by Gasteiger charge is 2.42. The van der Waals surface area contributed by atoms with Crippen molar-refractivity contribution in [3.63, 3.8) is 0 Å². The van der Waals surface area contributed by atoms with E-state index in [0.717, 1.165) is 25.0 Å². The lowest BCUT2D eigenvalue weighted by Crippen LogP contribution is -2.36. The van der Waals surface area contributed by atoms with Crippen molar-refractivity contribution in [3.8, 4) is 0 Å². The van der Waals surface area contributed by atoms with Crippen LogP contribution in [0.25, 0.3) is 0 Å². The van der Waals surface area contributed by atoms with Gasteiger partial charge in [0, 0.05) is 24.0 Å². The molecule has 0 aromatic rings. The molecule has 2 fully saturated rings. The molecular weight excluding hydrogens is 281 g/mol. The van der Waals surface area contributed by atoms with E-state index in [4.69, 9.17) is 0 Å². The molecular formula is C13H22FN3O2S. The third kappa shape index (κ3) is 4.26. The normalized spacial score (nSPS) is 27.9. The molecule has 114 valence electrons. The Kier molecular flexibility index (Phi) is 5.94. The largest absolute Gasteiger partial charge is 0.356 e. The Hall–Kier alpha value is -0.980.